The molecule has 8 nitrogen and oxygen atoms in total. The lowest BCUT2D eigenvalue weighted by Gasteiger charge is -2.28. The number of hydrogen-bond donors (Lipinski definition) is 4. The zero-order chi connectivity index (χ0) is 58.7. The normalized spacial score (nSPS) is 15.6. The summed E-state index contributed by atoms with van der Waals surface area (Å²) < 4.78 is 26.3. The first-order valence-corrected chi connectivity index (χ1v) is 29.2. The van der Waals surface area contributed by atoms with E-state index in [0.717, 1.165) is 100 Å². The molecule has 0 saturated carbocycles. The quantitative estimate of drug-likeness (QED) is 0.111. The van der Waals surface area contributed by atoms with E-state index in [1.54, 1.807) is 0 Å². The summed E-state index contributed by atoms with van der Waals surface area (Å²) in [7, 11) is 0. The molecule has 0 saturated heterocycles. The molecule has 0 radical (unpaired) electrons. The first-order valence-electron chi connectivity index (χ1n) is 29.2. The van der Waals surface area contributed by atoms with E-state index >= 15 is 0 Å². The van der Waals surface area contributed by atoms with Crippen LogP contribution in [0.1, 0.15) is 225 Å². The fraction of sp³-hybridized carbons (Fsp3) is 0.500. The number of benzene rings is 6. The van der Waals surface area contributed by atoms with Gasteiger partial charge in [-0.25, -0.2) is 0 Å². The maximum atomic E-state index is 12.8. The topological polar surface area (TPSA) is 118 Å². The van der Waals surface area contributed by atoms with E-state index in [2.05, 4.69) is 197 Å². The molecule has 0 amide bonds. The predicted octanol–water partition coefficient (Wildman–Crippen LogP) is 16.0. The van der Waals surface area contributed by atoms with Gasteiger partial charge in [0.2, 0.25) is 0 Å². The van der Waals surface area contributed by atoms with Crippen LogP contribution in [0.4, 0.5) is 0 Å². The Morgan fingerprint density at radius 3 is 0.562 bits per heavy atom. The Kier molecular flexibility index (Phi) is 16.9. The van der Waals surface area contributed by atoms with E-state index in [-0.39, 0.29) is 81.5 Å². The summed E-state index contributed by atoms with van der Waals surface area (Å²) in [6.45, 7) is 41.5. The van der Waals surface area contributed by atoms with Gasteiger partial charge in [-0.3, -0.25) is 0 Å². The average Bonchev–Trinajstić information content (AvgIpc) is 3.33. The summed E-state index contributed by atoms with van der Waals surface area (Å²) in [5, 5.41) is 51.3. The van der Waals surface area contributed by atoms with Gasteiger partial charge in [0.15, 0.2) is 0 Å². The smallest absolute Gasteiger partial charge is 0.126 e. The van der Waals surface area contributed by atoms with Crippen molar-refractivity contribution in [1.82, 2.24) is 0 Å². The fourth-order valence-corrected chi connectivity index (χ4v) is 11.1. The lowest BCUT2D eigenvalue weighted by atomic mass is 9.79. The molecule has 2 aliphatic rings. The first kappa shape index (κ1) is 60.1. The van der Waals surface area contributed by atoms with Gasteiger partial charge in [0.05, 0.1) is 26.4 Å². The summed E-state index contributed by atoms with van der Waals surface area (Å²) in [5.41, 5.74) is 14.3. The minimum atomic E-state index is -0.284. The van der Waals surface area contributed by atoms with Gasteiger partial charge in [0, 0.05) is 38.5 Å². The Balaban J connectivity index is 1.52. The van der Waals surface area contributed by atoms with E-state index in [4.69, 9.17) is 18.9 Å². The number of phenolic OH excluding ortho intramolecular Hbond substituents is 4. The highest BCUT2D eigenvalue weighted by molar-refractivity contribution is 5.61. The summed E-state index contributed by atoms with van der Waals surface area (Å²) in [6, 6.07) is 25.9. The Morgan fingerprint density at radius 1 is 0.237 bits per heavy atom. The second-order valence-electron chi connectivity index (χ2n) is 29.3. The van der Waals surface area contributed by atoms with Crippen molar-refractivity contribution in [3.05, 3.63) is 173 Å². The lowest BCUT2D eigenvalue weighted by Crippen LogP contribution is -2.17. The molecule has 8 rings (SSSR count). The van der Waals surface area contributed by atoms with E-state index in [1.165, 1.54) is 0 Å². The molecule has 6 aromatic rings. The Hall–Kier alpha value is -5.96. The second-order valence-corrected chi connectivity index (χ2v) is 29.3. The highest BCUT2D eigenvalue weighted by atomic mass is 16.6. The highest BCUT2D eigenvalue weighted by Crippen LogP contribution is 2.45. The van der Waals surface area contributed by atoms with Crippen LogP contribution in [0, 0.1) is 0 Å². The van der Waals surface area contributed by atoms with Crippen molar-refractivity contribution >= 4 is 0 Å². The van der Waals surface area contributed by atoms with Crippen LogP contribution in [0.25, 0.3) is 0 Å². The molecule has 8 heteroatoms. The van der Waals surface area contributed by atoms with Gasteiger partial charge in [-0.05, 0) is 133 Å². The van der Waals surface area contributed by atoms with Crippen LogP contribution < -0.4 is 9.47 Å². The van der Waals surface area contributed by atoms with Gasteiger partial charge in [0.25, 0.3) is 0 Å². The molecule has 10 bridgehead atoms. The molecule has 80 heavy (non-hydrogen) atoms. The highest BCUT2D eigenvalue weighted by Gasteiger charge is 2.30. The summed E-state index contributed by atoms with van der Waals surface area (Å²) in [6.07, 6.45) is 1.97. The summed E-state index contributed by atoms with van der Waals surface area (Å²) in [5.74, 6) is 2.11. The second kappa shape index (κ2) is 22.4. The Bertz CT molecular complexity index is 2850. The third-order valence-electron chi connectivity index (χ3n) is 16.4. The van der Waals surface area contributed by atoms with Crippen molar-refractivity contribution in [2.45, 2.75) is 196 Å². The molecule has 0 fully saturated rings. The molecule has 0 unspecified atom stereocenters. The lowest BCUT2D eigenvalue weighted by molar-refractivity contribution is 0.0270. The molecule has 2 aliphatic heterocycles. The molecular formula is C72H94O8. The third-order valence-corrected chi connectivity index (χ3v) is 16.4. The Morgan fingerprint density at radius 2 is 0.388 bits per heavy atom. The number of rotatable bonds is 0. The van der Waals surface area contributed by atoms with Crippen molar-refractivity contribution in [1.29, 1.82) is 0 Å². The predicted molar refractivity (Wildman–Crippen MR) is 327 cm³/mol. The minimum Gasteiger partial charge on any atom is -0.507 e. The molecule has 430 valence electrons. The molecule has 6 aromatic carbocycles. The molecule has 0 aromatic heterocycles. The zero-order valence-corrected chi connectivity index (χ0v) is 51.8. The SMILES string of the molecule is CC(C)(C)c1cc2c(O)c(c1)Cc1cc(C(C)(C)C)cc3c1OCCOCCOCCOc1c(cc(C(C)(C)C)cc1Cc1cc(C(C)(C)C)cc(c1O)Cc1cc(C(C)(C)C)cc(c1O)C3)Cc1cc(C(C)(C)C)cc(c1O)C2. The van der Waals surface area contributed by atoms with Crippen LogP contribution in [-0.2, 0) is 80.5 Å². The van der Waals surface area contributed by atoms with Crippen molar-refractivity contribution in [2.75, 3.05) is 39.6 Å². The summed E-state index contributed by atoms with van der Waals surface area (Å²) in [4.78, 5) is 0. The molecular weight excluding hydrogens is 993 g/mol. The molecule has 2 heterocycles. The summed E-state index contributed by atoms with van der Waals surface area (Å²) >= 11 is 0. The van der Waals surface area contributed by atoms with Crippen LogP contribution >= 0.6 is 0 Å². The number of fused-ring (bicyclic) bond motifs is 17. The van der Waals surface area contributed by atoms with E-state index in [0.29, 0.717) is 63.6 Å². The van der Waals surface area contributed by atoms with E-state index < -0.39 is 0 Å². The van der Waals surface area contributed by atoms with Crippen molar-refractivity contribution in [2.24, 2.45) is 0 Å². The molecule has 4 N–H and O–H groups in total. The Labute approximate surface area is 479 Å². The zero-order valence-electron chi connectivity index (χ0n) is 51.8. The number of ether oxygens (including phenoxy) is 4. The largest absolute Gasteiger partial charge is 0.507 e. The van der Waals surface area contributed by atoms with Crippen LogP contribution in [0.2, 0.25) is 0 Å². The van der Waals surface area contributed by atoms with Crippen LogP contribution in [0.15, 0.2) is 72.8 Å². The van der Waals surface area contributed by atoms with Crippen molar-refractivity contribution in [3.63, 3.8) is 0 Å². The number of phenols is 4. The average molecular weight is 1090 g/mol. The van der Waals surface area contributed by atoms with Crippen molar-refractivity contribution in [3.8, 4) is 34.5 Å². The number of aromatic hydroxyl groups is 4. The van der Waals surface area contributed by atoms with Gasteiger partial charge in [-0.15, -0.1) is 0 Å². The molecule has 0 spiro atoms. The fourth-order valence-electron chi connectivity index (χ4n) is 11.1. The van der Waals surface area contributed by atoms with E-state index in [1.807, 2.05) is 0 Å². The van der Waals surface area contributed by atoms with Gasteiger partial charge in [-0.2, -0.15) is 0 Å². The number of hydrogen-bond acceptors (Lipinski definition) is 8. The van der Waals surface area contributed by atoms with E-state index in [9.17, 15) is 20.4 Å². The molecule has 0 aliphatic carbocycles. The first-order chi connectivity index (χ1) is 37.1. The van der Waals surface area contributed by atoms with Gasteiger partial charge in [0.1, 0.15) is 47.7 Å². The maximum Gasteiger partial charge on any atom is 0.126 e. The maximum absolute atomic E-state index is 12.8. The van der Waals surface area contributed by atoms with Crippen LogP contribution in [-0.4, -0.2) is 60.1 Å². The molecule has 0 atom stereocenters. The van der Waals surface area contributed by atoms with Crippen LogP contribution in [0.5, 0.6) is 34.5 Å². The monoisotopic (exact) mass is 1090 g/mol. The van der Waals surface area contributed by atoms with Crippen molar-refractivity contribution < 1.29 is 39.4 Å². The minimum absolute atomic E-state index is 0.185. The third kappa shape index (κ3) is 13.7. The van der Waals surface area contributed by atoms with Crippen LogP contribution in [0.3, 0.4) is 0 Å². The van der Waals surface area contributed by atoms with Gasteiger partial charge >= 0.3 is 0 Å². The van der Waals surface area contributed by atoms with Gasteiger partial charge < -0.3 is 39.4 Å². The standard InChI is InChI=1S/C72H94O8/c1-67(2,3)55-31-43-25-44-32-56(68(4,5)6)36-48(62(44)74)28-53-41-60(72(16,17)18)42-54-30-50-38-58(70(10,11)12)34-46(64(50)76)26-45-33-57(69(7,8)9)37-49(63(45)75)29-52-40-59(71(13,14)15)39-51(27-47(35-55)61(43)73)65(52)79-23-21-77-19-20-78-22-24-80-66(53)54/h31-42,73-76H,19-30H2,1-18H3. The van der Waals surface area contributed by atoms with Gasteiger partial charge in [-0.1, -0.05) is 197 Å².